The molecule has 0 aliphatic carbocycles. The van der Waals surface area contributed by atoms with Gasteiger partial charge in [0.25, 0.3) is 0 Å². The smallest absolute Gasteiger partial charge is 0.126 e. The molecule has 0 saturated heterocycles. The molecule has 0 radical (unpaired) electrons. The molecule has 0 N–H and O–H groups in total. The summed E-state index contributed by atoms with van der Waals surface area (Å²) in [5, 5.41) is 0. The van der Waals surface area contributed by atoms with Crippen molar-refractivity contribution >= 4 is 8.81 Å². The average molecular weight is 312 g/mol. The van der Waals surface area contributed by atoms with E-state index in [-0.39, 0.29) is 7.43 Å². The van der Waals surface area contributed by atoms with Crippen LogP contribution in [0.2, 0.25) is 0 Å². The van der Waals surface area contributed by atoms with E-state index in [0.717, 1.165) is 18.1 Å². The van der Waals surface area contributed by atoms with Gasteiger partial charge < -0.3 is 4.52 Å². The number of unbranched alkanes of at least 4 members (excludes halogenated alkanes) is 1. The Morgan fingerprint density at radius 1 is 1.14 bits per heavy atom. The van der Waals surface area contributed by atoms with Gasteiger partial charge in [-0.2, -0.15) is 0 Å². The maximum atomic E-state index is 5.64. The van der Waals surface area contributed by atoms with Crippen LogP contribution in [-0.4, -0.2) is 6.66 Å². The Morgan fingerprint density at radius 3 is 2.24 bits per heavy atom. The molecule has 0 heterocycles. The van der Waals surface area contributed by atoms with E-state index in [1.807, 2.05) is 0 Å². The Bertz CT molecular complexity index is 347. The van der Waals surface area contributed by atoms with E-state index in [1.165, 1.54) is 36.8 Å². The fourth-order valence-electron chi connectivity index (χ4n) is 2.02. The van der Waals surface area contributed by atoms with Crippen molar-refractivity contribution in [1.29, 1.82) is 0 Å². The molecule has 0 bridgehead atoms. The molecule has 0 amide bonds. The Balaban J connectivity index is 0. The van der Waals surface area contributed by atoms with Crippen LogP contribution in [0.1, 0.15) is 71.9 Å². The highest BCUT2D eigenvalue weighted by atomic mass is 31.1. The molecule has 1 unspecified atom stereocenters. The van der Waals surface area contributed by atoms with E-state index in [2.05, 4.69) is 59.5 Å². The normalized spacial score (nSPS) is 10.2. The lowest BCUT2D eigenvalue weighted by Gasteiger charge is -2.10. The van der Waals surface area contributed by atoms with Gasteiger partial charge in [0.2, 0.25) is 0 Å². The van der Waals surface area contributed by atoms with Gasteiger partial charge >= 0.3 is 0 Å². The number of aryl methyl sites for hydroxylation is 2. The zero-order valence-electron chi connectivity index (χ0n) is 14.3. The van der Waals surface area contributed by atoms with Crippen molar-refractivity contribution in [3.8, 4) is 5.75 Å². The second-order valence-electron chi connectivity index (χ2n) is 5.70. The summed E-state index contributed by atoms with van der Waals surface area (Å²) in [6, 6.07) is 6.50. The van der Waals surface area contributed by atoms with Gasteiger partial charge in [0.1, 0.15) is 5.75 Å². The van der Waals surface area contributed by atoms with Crippen molar-refractivity contribution in [3.05, 3.63) is 29.3 Å². The lowest BCUT2D eigenvalue weighted by molar-refractivity contribution is 0.576. The molecule has 1 rings (SSSR count). The molecule has 1 nitrogen and oxygen atoms in total. The third kappa shape index (κ3) is 11.8. The average Bonchev–Trinajstić information content (AvgIpc) is 2.39. The fraction of sp³-hybridized carbons (Fsp3) is 0.684. The molecule has 0 aliphatic rings. The molecule has 124 valence electrons. The maximum Gasteiger partial charge on any atom is 0.126 e. The minimum atomic E-state index is 0. The van der Waals surface area contributed by atoms with Gasteiger partial charge in [0.05, 0.1) is 8.81 Å². The lowest BCUT2D eigenvalue weighted by Crippen LogP contribution is -1.90. The van der Waals surface area contributed by atoms with Crippen molar-refractivity contribution in [2.24, 2.45) is 5.92 Å². The Kier molecular flexibility index (Phi) is 15.6. The van der Waals surface area contributed by atoms with Crippen LogP contribution in [-0.2, 0) is 6.42 Å². The second kappa shape index (κ2) is 14.4. The van der Waals surface area contributed by atoms with Crippen LogP contribution in [0.15, 0.2) is 18.2 Å². The molecule has 1 aromatic rings. The van der Waals surface area contributed by atoms with E-state index in [0.29, 0.717) is 8.81 Å². The lowest BCUT2D eigenvalue weighted by atomic mass is 10.1. The zero-order valence-corrected chi connectivity index (χ0v) is 15.3. The van der Waals surface area contributed by atoms with E-state index >= 15 is 0 Å². The summed E-state index contributed by atoms with van der Waals surface area (Å²) >= 11 is 0. The first kappa shape index (κ1) is 22.7. The molecule has 2 heteroatoms. The van der Waals surface area contributed by atoms with Crippen LogP contribution < -0.4 is 4.52 Å². The maximum absolute atomic E-state index is 5.64. The van der Waals surface area contributed by atoms with Crippen LogP contribution in [0.4, 0.5) is 0 Å². The van der Waals surface area contributed by atoms with Crippen LogP contribution in [0, 0.1) is 12.8 Å². The van der Waals surface area contributed by atoms with Crippen molar-refractivity contribution in [1.82, 2.24) is 0 Å². The molecule has 1 aromatic carbocycles. The summed E-state index contributed by atoms with van der Waals surface area (Å²) in [6.45, 7) is 13.1. The summed E-state index contributed by atoms with van der Waals surface area (Å²) in [6.07, 6.45) is 6.32. The molecule has 0 spiro atoms. The minimum absolute atomic E-state index is 0. The quantitative estimate of drug-likeness (QED) is 0.492. The monoisotopic (exact) mass is 312 g/mol. The summed E-state index contributed by atoms with van der Waals surface area (Å²) in [5.41, 5.74) is 2.63. The van der Waals surface area contributed by atoms with E-state index in [4.69, 9.17) is 4.52 Å². The number of hydrogen-bond donors (Lipinski definition) is 0. The van der Waals surface area contributed by atoms with Crippen LogP contribution in [0.25, 0.3) is 0 Å². The predicted octanol–water partition coefficient (Wildman–Crippen LogP) is 7.02. The van der Waals surface area contributed by atoms with Crippen molar-refractivity contribution in [2.75, 3.05) is 6.66 Å². The highest BCUT2D eigenvalue weighted by Crippen LogP contribution is 2.26. The topological polar surface area (TPSA) is 9.23 Å². The predicted molar refractivity (Wildman–Crippen MR) is 101 cm³/mol. The molecular weight excluding hydrogens is 275 g/mol. The Labute approximate surface area is 135 Å². The van der Waals surface area contributed by atoms with E-state index in [1.54, 1.807) is 0 Å². The van der Waals surface area contributed by atoms with Gasteiger partial charge in [-0.3, -0.25) is 0 Å². The minimum Gasteiger partial charge on any atom is -0.477 e. The molecule has 0 aliphatic heterocycles. The standard InChI is InChI=1S/C12H19OP.C6H14.CH4/c1-4-5-6-11-8-7-10(2)9-12(11)13-14-3;1-4-5-6(2)3;/h7-9,14H,4-6H2,1-3H3;6H,4-5H2,1-3H3;1H4. The zero-order chi connectivity index (χ0) is 15.4. The molecule has 21 heavy (non-hydrogen) atoms. The van der Waals surface area contributed by atoms with Crippen molar-refractivity contribution in [3.63, 3.8) is 0 Å². The van der Waals surface area contributed by atoms with Gasteiger partial charge in [-0.15, -0.1) is 0 Å². The molecule has 0 aromatic heterocycles. The second-order valence-corrected chi connectivity index (χ2v) is 6.32. The van der Waals surface area contributed by atoms with Gasteiger partial charge in [0.15, 0.2) is 0 Å². The summed E-state index contributed by atoms with van der Waals surface area (Å²) in [7, 11) is 0.533. The summed E-state index contributed by atoms with van der Waals surface area (Å²) in [4.78, 5) is 0. The Hall–Kier alpha value is -0.550. The van der Waals surface area contributed by atoms with Crippen molar-refractivity contribution in [2.45, 2.75) is 74.1 Å². The number of benzene rings is 1. The highest BCUT2D eigenvalue weighted by Gasteiger charge is 2.02. The third-order valence-corrected chi connectivity index (χ3v) is 3.52. The van der Waals surface area contributed by atoms with Crippen LogP contribution >= 0.6 is 8.81 Å². The van der Waals surface area contributed by atoms with E-state index in [9.17, 15) is 0 Å². The molecule has 0 fully saturated rings. The largest absolute Gasteiger partial charge is 0.477 e. The van der Waals surface area contributed by atoms with Gasteiger partial charge in [-0.25, -0.2) is 0 Å². The van der Waals surface area contributed by atoms with Gasteiger partial charge in [-0.05, 0) is 49.5 Å². The first-order valence-corrected chi connectivity index (χ1v) is 9.39. The summed E-state index contributed by atoms with van der Waals surface area (Å²) in [5.74, 6) is 1.98. The van der Waals surface area contributed by atoms with Crippen molar-refractivity contribution < 1.29 is 4.52 Å². The molecule has 0 saturated carbocycles. The first-order valence-electron chi connectivity index (χ1n) is 7.98. The SMILES string of the molecule is C.CCCC(C)C.CCCCc1ccc(C)cc1OPC. The number of hydrogen-bond acceptors (Lipinski definition) is 1. The molecular formula is C19H37OP. The van der Waals surface area contributed by atoms with Crippen LogP contribution in [0.5, 0.6) is 5.75 Å². The fourth-order valence-corrected chi connectivity index (χ4v) is 2.43. The first-order chi connectivity index (χ1) is 9.54. The molecule has 1 atom stereocenters. The third-order valence-electron chi connectivity index (χ3n) is 3.10. The summed E-state index contributed by atoms with van der Waals surface area (Å²) < 4.78 is 5.64. The van der Waals surface area contributed by atoms with E-state index < -0.39 is 0 Å². The number of rotatable bonds is 7. The Morgan fingerprint density at radius 2 is 1.81 bits per heavy atom. The van der Waals surface area contributed by atoms with Crippen LogP contribution in [0.3, 0.4) is 0 Å². The van der Waals surface area contributed by atoms with Gasteiger partial charge in [0, 0.05) is 0 Å². The highest BCUT2D eigenvalue weighted by molar-refractivity contribution is 7.31. The van der Waals surface area contributed by atoms with Gasteiger partial charge in [-0.1, -0.05) is 66.5 Å².